The smallest absolute Gasteiger partial charge is 0.0139 e. The Labute approximate surface area is 75.4 Å². The maximum absolute atomic E-state index is 3.81. The van der Waals surface area contributed by atoms with Gasteiger partial charge in [-0.25, -0.2) is 0 Å². The standard InChI is InChI=1S/C12H18/c1-4-5-9-6-7-10-8-11(9)12(10,2)3/h4,6,10-11H,1,5,7-8H2,2-3H3/t10-,11-/m0/s1. The molecule has 0 heterocycles. The van der Waals surface area contributed by atoms with Crippen molar-refractivity contribution in [3.05, 3.63) is 24.3 Å². The first-order valence-corrected chi connectivity index (χ1v) is 4.96. The Morgan fingerprint density at radius 1 is 1.67 bits per heavy atom. The molecule has 0 N–H and O–H groups in total. The molecule has 0 unspecified atom stereocenters. The van der Waals surface area contributed by atoms with Gasteiger partial charge in [0.25, 0.3) is 0 Å². The van der Waals surface area contributed by atoms with Gasteiger partial charge in [0.1, 0.15) is 0 Å². The van der Waals surface area contributed by atoms with Gasteiger partial charge in [-0.05, 0) is 36.5 Å². The number of rotatable bonds is 2. The van der Waals surface area contributed by atoms with Crippen LogP contribution in [0.4, 0.5) is 0 Å². The van der Waals surface area contributed by atoms with Crippen molar-refractivity contribution in [3.63, 3.8) is 0 Å². The van der Waals surface area contributed by atoms with E-state index < -0.39 is 0 Å². The van der Waals surface area contributed by atoms with Crippen molar-refractivity contribution >= 4 is 0 Å². The predicted octanol–water partition coefficient (Wildman–Crippen LogP) is 3.55. The molecule has 0 aromatic carbocycles. The summed E-state index contributed by atoms with van der Waals surface area (Å²) in [7, 11) is 0. The average Bonchev–Trinajstić information content (AvgIpc) is 2.05. The molecule has 0 spiro atoms. The minimum absolute atomic E-state index is 0.590. The van der Waals surface area contributed by atoms with Crippen LogP contribution < -0.4 is 0 Å². The fourth-order valence-electron chi connectivity index (χ4n) is 2.87. The zero-order chi connectivity index (χ0) is 8.77. The molecule has 1 fully saturated rings. The molecule has 0 radical (unpaired) electrons. The average molecular weight is 162 g/mol. The van der Waals surface area contributed by atoms with Crippen LogP contribution in [-0.4, -0.2) is 0 Å². The maximum atomic E-state index is 3.81. The summed E-state index contributed by atoms with van der Waals surface area (Å²) in [6, 6.07) is 0. The highest BCUT2D eigenvalue weighted by Crippen LogP contribution is 2.59. The zero-order valence-electron chi connectivity index (χ0n) is 8.14. The van der Waals surface area contributed by atoms with Crippen LogP contribution in [0.15, 0.2) is 24.3 Å². The van der Waals surface area contributed by atoms with E-state index in [0.717, 1.165) is 18.3 Å². The fraction of sp³-hybridized carbons (Fsp3) is 0.667. The summed E-state index contributed by atoms with van der Waals surface area (Å²) >= 11 is 0. The van der Waals surface area contributed by atoms with E-state index in [0.29, 0.717) is 5.41 Å². The summed E-state index contributed by atoms with van der Waals surface area (Å²) in [6.45, 7) is 8.65. The van der Waals surface area contributed by atoms with Gasteiger partial charge >= 0.3 is 0 Å². The molecule has 0 aliphatic heterocycles. The van der Waals surface area contributed by atoms with E-state index in [1.54, 1.807) is 5.57 Å². The van der Waals surface area contributed by atoms with Crippen LogP contribution >= 0.6 is 0 Å². The Kier molecular flexibility index (Phi) is 1.67. The van der Waals surface area contributed by atoms with E-state index in [4.69, 9.17) is 0 Å². The van der Waals surface area contributed by atoms with Gasteiger partial charge in [0.2, 0.25) is 0 Å². The van der Waals surface area contributed by atoms with E-state index in [2.05, 4.69) is 26.5 Å². The van der Waals surface area contributed by atoms with Gasteiger partial charge in [0.05, 0.1) is 0 Å². The Hall–Kier alpha value is -0.520. The van der Waals surface area contributed by atoms with Gasteiger partial charge in [-0.2, -0.15) is 0 Å². The minimum Gasteiger partial charge on any atom is -0.103 e. The van der Waals surface area contributed by atoms with Crippen molar-refractivity contribution in [1.29, 1.82) is 0 Å². The van der Waals surface area contributed by atoms with Gasteiger partial charge in [-0.15, -0.1) is 6.58 Å². The summed E-state index contributed by atoms with van der Waals surface area (Å²) in [4.78, 5) is 0. The second kappa shape index (κ2) is 2.48. The van der Waals surface area contributed by atoms with Crippen molar-refractivity contribution in [1.82, 2.24) is 0 Å². The highest BCUT2D eigenvalue weighted by molar-refractivity contribution is 5.24. The molecule has 2 atom stereocenters. The quantitative estimate of drug-likeness (QED) is 0.545. The maximum Gasteiger partial charge on any atom is -0.0139 e. The third kappa shape index (κ3) is 0.903. The lowest BCUT2D eigenvalue weighted by Crippen LogP contribution is -2.47. The summed E-state index contributed by atoms with van der Waals surface area (Å²) < 4.78 is 0. The number of fused-ring (bicyclic) bond motifs is 1. The highest BCUT2D eigenvalue weighted by atomic mass is 14.5. The lowest BCUT2D eigenvalue weighted by Gasteiger charge is -2.56. The molecule has 3 aliphatic rings. The van der Waals surface area contributed by atoms with Crippen LogP contribution in [0.3, 0.4) is 0 Å². The molecule has 0 amide bonds. The molecule has 0 saturated heterocycles. The first-order valence-electron chi connectivity index (χ1n) is 4.96. The molecule has 66 valence electrons. The van der Waals surface area contributed by atoms with Crippen LogP contribution in [0.1, 0.15) is 33.1 Å². The molecule has 2 bridgehead atoms. The normalized spacial score (nSPS) is 36.7. The van der Waals surface area contributed by atoms with E-state index >= 15 is 0 Å². The number of hydrogen-bond acceptors (Lipinski definition) is 0. The van der Waals surface area contributed by atoms with Crippen molar-refractivity contribution in [2.75, 3.05) is 0 Å². The van der Waals surface area contributed by atoms with Crippen molar-refractivity contribution < 1.29 is 0 Å². The van der Waals surface area contributed by atoms with Crippen LogP contribution in [-0.2, 0) is 0 Å². The molecule has 0 aromatic heterocycles. The highest BCUT2D eigenvalue weighted by Gasteiger charge is 2.50. The lowest BCUT2D eigenvalue weighted by atomic mass is 9.48. The molecule has 12 heavy (non-hydrogen) atoms. The monoisotopic (exact) mass is 162 g/mol. The van der Waals surface area contributed by atoms with Gasteiger partial charge in [0.15, 0.2) is 0 Å². The van der Waals surface area contributed by atoms with E-state index in [1.165, 1.54) is 12.8 Å². The Morgan fingerprint density at radius 3 is 2.92 bits per heavy atom. The Morgan fingerprint density at radius 2 is 2.42 bits per heavy atom. The second-order valence-corrected chi connectivity index (χ2v) is 4.81. The molecule has 3 rings (SSSR count). The van der Waals surface area contributed by atoms with Crippen LogP contribution in [0, 0.1) is 17.3 Å². The summed E-state index contributed by atoms with van der Waals surface area (Å²) in [5, 5.41) is 0. The summed E-state index contributed by atoms with van der Waals surface area (Å²) in [6.07, 6.45) is 8.35. The first-order chi connectivity index (χ1) is 5.66. The molecule has 0 aromatic rings. The minimum atomic E-state index is 0.590. The molecular weight excluding hydrogens is 144 g/mol. The number of hydrogen-bond donors (Lipinski definition) is 0. The van der Waals surface area contributed by atoms with Gasteiger partial charge in [-0.3, -0.25) is 0 Å². The number of allylic oxidation sites excluding steroid dienone is 3. The molecule has 0 nitrogen and oxygen atoms in total. The van der Waals surface area contributed by atoms with Gasteiger partial charge < -0.3 is 0 Å². The Bertz CT molecular complexity index is 232. The molecular formula is C12H18. The molecule has 3 aliphatic carbocycles. The van der Waals surface area contributed by atoms with Crippen molar-refractivity contribution in [3.8, 4) is 0 Å². The first kappa shape index (κ1) is 8.10. The van der Waals surface area contributed by atoms with Crippen molar-refractivity contribution in [2.45, 2.75) is 33.1 Å². The molecule has 0 heteroatoms. The van der Waals surface area contributed by atoms with Crippen LogP contribution in [0.2, 0.25) is 0 Å². The van der Waals surface area contributed by atoms with E-state index in [-0.39, 0.29) is 0 Å². The predicted molar refractivity (Wildman–Crippen MR) is 52.9 cm³/mol. The summed E-state index contributed by atoms with van der Waals surface area (Å²) in [5.74, 6) is 1.84. The Balaban J connectivity index is 2.18. The largest absolute Gasteiger partial charge is 0.103 e. The second-order valence-electron chi connectivity index (χ2n) is 4.81. The van der Waals surface area contributed by atoms with Crippen LogP contribution in [0.25, 0.3) is 0 Å². The third-order valence-corrected chi connectivity index (χ3v) is 3.96. The third-order valence-electron chi connectivity index (χ3n) is 3.96. The van der Waals surface area contributed by atoms with Crippen molar-refractivity contribution in [2.24, 2.45) is 17.3 Å². The van der Waals surface area contributed by atoms with E-state index in [1.807, 2.05) is 6.08 Å². The van der Waals surface area contributed by atoms with Gasteiger partial charge in [0, 0.05) is 0 Å². The van der Waals surface area contributed by atoms with Crippen LogP contribution in [0.5, 0.6) is 0 Å². The summed E-state index contributed by atoms with van der Waals surface area (Å²) in [5.41, 5.74) is 2.24. The zero-order valence-corrected chi connectivity index (χ0v) is 8.14. The molecule has 1 saturated carbocycles. The lowest BCUT2D eigenvalue weighted by molar-refractivity contribution is -0.00718. The van der Waals surface area contributed by atoms with Gasteiger partial charge in [-0.1, -0.05) is 31.6 Å². The SMILES string of the molecule is C=CCC1=CC[C@H]2C[C@@H]1C2(C)C. The fourth-order valence-corrected chi connectivity index (χ4v) is 2.87. The van der Waals surface area contributed by atoms with E-state index in [9.17, 15) is 0 Å². The topological polar surface area (TPSA) is 0 Å².